The predicted molar refractivity (Wildman–Crippen MR) is 45.7 cm³/mol. The molecule has 0 aromatic carbocycles. The lowest BCUT2D eigenvalue weighted by Gasteiger charge is -2.09. The second kappa shape index (κ2) is 7.06. The number of hydrogen-bond donors (Lipinski definition) is 1. The van der Waals surface area contributed by atoms with Gasteiger partial charge < -0.3 is 15.2 Å². The van der Waals surface area contributed by atoms with E-state index >= 15 is 0 Å². The molecule has 0 aliphatic heterocycles. The van der Waals surface area contributed by atoms with Crippen LogP contribution in [0.1, 0.15) is 19.8 Å². The highest BCUT2D eigenvalue weighted by Crippen LogP contribution is 1.93. The third-order valence-electron chi connectivity index (χ3n) is 1.38. The Labute approximate surface area is 73.0 Å². The van der Waals surface area contributed by atoms with E-state index in [2.05, 4.69) is 0 Å². The van der Waals surface area contributed by atoms with Crippen LogP contribution in [0.15, 0.2) is 0 Å². The number of carbonyl (C=O) groups excluding carboxylic acids is 1. The minimum atomic E-state index is -0.545. The Morgan fingerprint density at radius 2 is 2.17 bits per heavy atom. The molecule has 0 fully saturated rings. The molecule has 0 aliphatic rings. The van der Waals surface area contributed by atoms with Crippen LogP contribution in [0.25, 0.3) is 0 Å². The minimum Gasteiger partial charge on any atom is -0.465 e. The van der Waals surface area contributed by atoms with Gasteiger partial charge in [-0.3, -0.25) is 4.79 Å². The number of rotatable bonds is 6. The highest BCUT2D eigenvalue weighted by Gasteiger charge is 2.13. The van der Waals surface area contributed by atoms with Gasteiger partial charge in [0.1, 0.15) is 6.04 Å². The van der Waals surface area contributed by atoms with Crippen molar-refractivity contribution in [3.63, 3.8) is 0 Å². The molecular weight excluding hydrogens is 158 g/mol. The summed E-state index contributed by atoms with van der Waals surface area (Å²) in [6.07, 6.45) is 1.34. The summed E-state index contributed by atoms with van der Waals surface area (Å²) >= 11 is 0. The van der Waals surface area contributed by atoms with Crippen LogP contribution in [0.3, 0.4) is 0 Å². The molecule has 0 aliphatic carbocycles. The molecule has 0 saturated heterocycles. The van der Waals surface area contributed by atoms with Crippen LogP contribution < -0.4 is 5.73 Å². The molecule has 72 valence electrons. The summed E-state index contributed by atoms with van der Waals surface area (Å²) in [5.74, 6) is -0.339. The molecular formula is C8H17NO3. The fraction of sp³-hybridized carbons (Fsp3) is 0.875. The van der Waals surface area contributed by atoms with Crippen molar-refractivity contribution in [2.24, 2.45) is 5.73 Å². The predicted octanol–water partition coefficient (Wildman–Crippen LogP) is 0.303. The number of nitrogens with two attached hydrogens (primary N) is 1. The van der Waals surface area contributed by atoms with Crippen molar-refractivity contribution in [1.29, 1.82) is 0 Å². The second-order valence-corrected chi connectivity index (χ2v) is 2.56. The maximum Gasteiger partial charge on any atom is 0.322 e. The average molecular weight is 175 g/mol. The summed E-state index contributed by atoms with van der Waals surface area (Å²) in [4.78, 5) is 11.0. The van der Waals surface area contributed by atoms with Gasteiger partial charge in [-0.1, -0.05) is 6.92 Å². The van der Waals surface area contributed by atoms with Gasteiger partial charge in [0.15, 0.2) is 0 Å². The van der Waals surface area contributed by atoms with Crippen LogP contribution in [-0.4, -0.2) is 32.3 Å². The van der Waals surface area contributed by atoms with E-state index in [1.165, 1.54) is 0 Å². The molecule has 12 heavy (non-hydrogen) atoms. The standard InChI is InChI=1S/C8H17NO3/c1-3-5-12-8(10)7(9)4-6-11-2/h7H,3-6,9H2,1-2H3/t7-/m0/s1. The van der Waals surface area contributed by atoms with E-state index in [1.54, 1.807) is 7.11 Å². The van der Waals surface area contributed by atoms with Gasteiger partial charge in [-0.2, -0.15) is 0 Å². The molecule has 0 bridgehead atoms. The largest absolute Gasteiger partial charge is 0.465 e. The first kappa shape index (κ1) is 11.4. The van der Waals surface area contributed by atoms with E-state index in [0.717, 1.165) is 6.42 Å². The van der Waals surface area contributed by atoms with Crippen molar-refractivity contribution in [3.05, 3.63) is 0 Å². The van der Waals surface area contributed by atoms with Crippen LogP contribution in [0.5, 0.6) is 0 Å². The zero-order valence-electron chi connectivity index (χ0n) is 7.71. The molecule has 0 spiro atoms. The molecule has 2 N–H and O–H groups in total. The van der Waals surface area contributed by atoms with Crippen LogP contribution >= 0.6 is 0 Å². The van der Waals surface area contributed by atoms with Crippen LogP contribution in [-0.2, 0) is 14.3 Å². The van der Waals surface area contributed by atoms with Crippen molar-refractivity contribution in [2.45, 2.75) is 25.8 Å². The van der Waals surface area contributed by atoms with Crippen molar-refractivity contribution in [1.82, 2.24) is 0 Å². The molecule has 1 atom stereocenters. The van der Waals surface area contributed by atoms with Gasteiger partial charge in [0.2, 0.25) is 0 Å². The van der Waals surface area contributed by atoms with Crippen molar-refractivity contribution in [3.8, 4) is 0 Å². The molecule has 0 amide bonds. The van der Waals surface area contributed by atoms with Gasteiger partial charge in [-0.05, 0) is 12.8 Å². The molecule has 0 heterocycles. The van der Waals surface area contributed by atoms with Gasteiger partial charge >= 0.3 is 5.97 Å². The Balaban J connectivity index is 3.47. The SMILES string of the molecule is CCCOC(=O)[C@@H](N)CCOC. The lowest BCUT2D eigenvalue weighted by atomic mass is 10.2. The number of esters is 1. The fourth-order valence-corrected chi connectivity index (χ4v) is 0.672. The fourth-order valence-electron chi connectivity index (χ4n) is 0.672. The Hall–Kier alpha value is -0.610. The molecule has 0 aromatic heterocycles. The first-order chi connectivity index (χ1) is 5.72. The van der Waals surface area contributed by atoms with Crippen molar-refractivity contribution in [2.75, 3.05) is 20.3 Å². The minimum absolute atomic E-state index is 0.339. The van der Waals surface area contributed by atoms with E-state index in [1.807, 2.05) is 6.92 Å². The van der Waals surface area contributed by atoms with Crippen molar-refractivity contribution < 1.29 is 14.3 Å². The number of methoxy groups -OCH3 is 1. The number of hydrogen-bond acceptors (Lipinski definition) is 4. The first-order valence-corrected chi connectivity index (χ1v) is 4.13. The van der Waals surface area contributed by atoms with Crippen LogP contribution in [0, 0.1) is 0 Å². The highest BCUT2D eigenvalue weighted by atomic mass is 16.5. The van der Waals surface area contributed by atoms with Crippen LogP contribution in [0.4, 0.5) is 0 Å². The van der Waals surface area contributed by atoms with Gasteiger partial charge in [-0.15, -0.1) is 0 Å². The van der Waals surface area contributed by atoms with Gasteiger partial charge in [-0.25, -0.2) is 0 Å². The molecule has 0 aromatic rings. The Morgan fingerprint density at radius 1 is 1.50 bits per heavy atom. The Kier molecular flexibility index (Phi) is 6.70. The van der Waals surface area contributed by atoms with Gasteiger partial charge in [0.25, 0.3) is 0 Å². The monoisotopic (exact) mass is 175 g/mol. The molecule has 0 rings (SSSR count). The summed E-state index contributed by atoms with van der Waals surface area (Å²) in [6, 6.07) is -0.545. The van der Waals surface area contributed by atoms with E-state index in [0.29, 0.717) is 19.6 Å². The van der Waals surface area contributed by atoms with E-state index in [4.69, 9.17) is 15.2 Å². The summed E-state index contributed by atoms with van der Waals surface area (Å²) < 4.78 is 9.61. The summed E-state index contributed by atoms with van der Waals surface area (Å²) in [6.45, 7) is 2.87. The lowest BCUT2D eigenvalue weighted by molar-refractivity contribution is -0.145. The molecule has 4 nitrogen and oxygen atoms in total. The van der Waals surface area contributed by atoms with Gasteiger partial charge in [0, 0.05) is 13.7 Å². The quantitative estimate of drug-likeness (QED) is 0.590. The Bertz CT molecular complexity index is 127. The maximum atomic E-state index is 11.0. The van der Waals surface area contributed by atoms with E-state index in [-0.39, 0.29) is 5.97 Å². The zero-order valence-corrected chi connectivity index (χ0v) is 7.71. The molecule has 0 unspecified atom stereocenters. The van der Waals surface area contributed by atoms with Gasteiger partial charge in [0.05, 0.1) is 6.61 Å². The molecule has 0 radical (unpaired) electrons. The second-order valence-electron chi connectivity index (χ2n) is 2.56. The van der Waals surface area contributed by atoms with Crippen LogP contribution in [0.2, 0.25) is 0 Å². The summed E-state index contributed by atoms with van der Waals surface area (Å²) in [5, 5.41) is 0. The molecule has 0 saturated carbocycles. The first-order valence-electron chi connectivity index (χ1n) is 4.13. The third-order valence-corrected chi connectivity index (χ3v) is 1.38. The summed E-state index contributed by atoms with van der Waals surface area (Å²) in [5.41, 5.74) is 5.49. The van der Waals surface area contributed by atoms with Crippen molar-refractivity contribution >= 4 is 5.97 Å². The van der Waals surface area contributed by atoms with E-state index in [9.17, 15) is 4.79 Å². The Morgan fingerprint density at radius 3 is 2.67 bits per heavy atom. The highest BCUT2D eigenvalue weighted by molar-refractivity contribution is 5.75. The van der Waals surface area contributed by atoms with E-state index < -0.39 is 6.04 Å². The lowest BCUT2D eigenvalue weighted by Crippen LogP contribution is -2.33. The zero-order chi connectivity index (χ0) is 9.40. The summed E-state index contributed by atoms with van der Waals surface area (Å²) in [7, 11) is 1.57. The average Bonchev–Trinajstić information content (AvgIpc) is 2.10. The topological polar surface area (TPSA) is 61.5 Å². The normalized spacial score (nSPS) is 12.6. The number of ether oxygens (including phenoxy) is 2. The molecule has 4 heteroatoms. The number of carbonyl (C=O) groups is 1. The third kappa shape index (κ3) is 5.09. The smallest absolute Gasteiger partial charge is 0.322 e. The maximum absolute atomic E-state index is 11.0.